The summed E-state index contributed by atoms with van der Waals surface area (Å²) in [5.74, 6) is 1.16. The summed E-state index contributed by atoms with van der Waals surface area (Å²) in [5.41, 5.74) is 3.42. The van der Waals surface area contributed by atoms with Gasteiger partial charge in [-0.15, -0.1) is 0 Å². The number of benzene rings is 2. The van der Waals surface area contributed by atoms with Gasteiger partial charge in [-0.3, -0.25) is 0 Å². The van der Waals surface area contributed by atoms with Crippen LogP contribution in [0.15, 0.2) is 42.5 Å². The van der Waals surface area contributed by atoms with Crippen LogP contribution in [0.3, 0.4) is 0 Å². The number of ether oxygens (including phenoxy) is 2. The molecule has 8 heteroatoms. The Hall–Kier alpha value is -2.45. The van der Waals surface area contributed by atoms with Crippen molar-refractivity contribution in [2.75, 3.05) is 38.1 Å². The summed E-state index contributed by atoms with van der Waals surface area (Å²) >= 11 is 5.52. The van der Waals surface area contributed by atoms with Crippen molar-refractivity contribution in [3.05, 3.63) is 53.6 Å². The van der Waals surface area contributed by atoms with Crippen molar-refractivity contribution in [1.82, 2.24) is 4.90 Å². The molecule has 4 rings (SSSR count). The smallest absolute Gasteiger partial charge is 0.387 e. The van der Waals surface area contributed by atoms with E-state index in [9.17, 15) is 8.78 Å². The van der Waals surface area contributed by atoms with Crippen molar-refractivity contribution in [3.8, 4) is 11.5 Å². The van der Waals surface area contributed by atoms with Gasteiger partial charge in [0.15, 0.2) is 5.11 Å². The Kier molecular flexibility index (Phi) is 6.10. The molecule has 0 aromatic heterocycles. The molecule has 1 fully saturated rings. The second-order valence-corrected chi connectivity index (χ2v) is 7.67. The monoisotopic (exact) mass is 420 g/mol. The number of fused-ring (bicyclic) bond motifs is 1. The maximum Gasteiger partial charge on any atom is 0.387 e. The van der Waals surface area contributed by atoms with E-state index < -0.39 is 6.61 Å². The van der Waals surface area contributed by atoms with Crippen LogP contribution in [-0.2, 0) is 13.0 Å². The number of hydrogen-bond acceptors (Lipinski definition) is 3. The van der Waals surface area contributed by atoms with Crippen molar-refractivity contribution in [1.29, 1.82) is 0 Å². The van der Waals surface area contributed by atoms with Crippen LogP contribution in [0.4, 0.5) is 14.5 Å². The highest BCUT2D eigenvalue weighted by Gasteiger charge is 2.22. The molecule has 0 radical (unpaired) electrons. The largest absolute Gasteiger partial charge is 0.493 e. The van der Waals surface area contributed by atoms with Crippen LogP contribution in [-0.4, -0.2) is 49.4 Å². The van der Waals surface area contributed by atoms with Crippen molar-refractivity contribution >= 4 is 23.0 Å². The molecule has 0 amide bonds. The van der Waals surface area contributed by atoms with Crippen LogP contribution in [0, 0.1) is 0 Å². The minimum atomic E-state index is -2.82. The lowest BCUT2D eigenvalue weighted by molar-refractivity contribution is -0.917. The number of halogens is 2. The number of alkyl halides is 2. The molecule has 0 bridgehead atoms. The second kappa shape index (κ2) is 8.92. The number of hydrogen-bond donors (Lipinski definition) is 2. The highest BCUT2D eigenvalue weighted by atomic mass is 32.1. The molecule has 0 aliphatic carbocycles. The van der Waals surface area contributed by atoms with Gasteiger partial charge in [0.2, 0.25) is 0 Å². The fourth-order valence-corrected chi connectivity index (χ4v) is 4.06. The lowest BCUT2D eigenvalue weighted by atomic mass is 10.1. The molecule has 2 heterocycles. The first-order valence-corrected chi connectivity index (χ1v) is 10.2. The predicted octanol–water partition coefficient (Wildman–Crippen LogP) is 2.32. The van der Waals surface area contributed by atoms with Crippen LogP contribution in [0.1, 0.15) is 11.1 Å². The van der Waals surface area contributed by atoms with E-state index in [0.29, 0.717) is 5.11 Å². The molecule has 0 unspecified atom stereocenters. The summed E-state index contributed by atoms with van der Waals surface area (Å²) in [6, 6.07) is 12.9. The van der Waals surface area contributed by atoms with Crippen LogP contribution in [0.25, 0.3) is 0 Å². The molecule has 2 aliphatic heterocycles. The van der Waals surface area contributed by atoms with Gasteiger partial charge in [-0.25, -0.2) is 0 Å². The molecule has 1 saturated heterocycles. The standard InChI is InChI=1S/C21H23F2N3O2S/c22-20(23)28-18-4-2-17(3-5-18)24-21(29)26-10-8-25(9-11-26)14-15-1-6-19-16(13-15)7-12-27-19/h1-6,13,20H,7-12,14H2,(H,24,29)/p+1. The van der Waals surface area contributed by atoms with Gasteiger partial charge in [0.1, 0.15) is 18.0 Å². The van der Waals surface area contributed by atoms with Crippen molar-refractivity contribution in [2.45, 2.75) is 19.6 Å². The molecule has 0 atom stereocenters. The third-order valence-electron chi connectivity index (χ3n) is 5.30. The van der Waals surface area contributed by atoms with Crippen LogP contribution < -0.4 is 19.7 Å². The molecular weight excluding hydrogens is 396 g/mol. The summed E-state index contributed by atoms with van der Waals surface area (Å²) in [6.07, 6.45) is 1.00. The van der Waals surface area contributed by atoms with Gasteiger partial charge in [0.05, 0.1) is 32.8 Å². The maximum absolute atomic E-state index is 12.2. The Morgan fingerprint density at radius 1 is 1.17 bits per heavy atom. The van der Waals surface area contributed by atoms with E-state index in [0.717, 1.165) is 57.2 Å². The molecule has 2 aliphatic rings. The highest BCUT2D eigenvalue weighted by Crippen LogP contribution is 2.25. The SMILES string of the molecule is FC(F)Oc1ccc(NC(=S)N2CC[NH+](Cc3ccc4c(c3)CCO4)CC2)cc1. The van der Waals surface area contributed by atoms with Gasteiger partial charge < -0.3 is 24.6 Å². The average molecular weight is 421 g/mol. The lowest BCUT2D eigenvalue weighted by Gasteiger charge is -2.34. The summed E-state index contributed by atoms with van der Waals surface area (Å²) < 4.78 is 34.4. The molecule has 29 heavy (non-hydrogen) atoms. The van der Waals surface area contributed by atoms with E-state index in [1.165, 1.54) is 28.2 Å². The van der Waals surface area contributed by atoms with Crippen LogP contribution in [0.5, 0.6) is 11.5 Å². The van der Waals surface area contributed by atoms with E-state index in [1.807, 2.05) is 0 Å². The Labute approximate surface area is 174 Å². The predicted molar refractivity (Wildman–Crippen MR) is 111 cm³/mol. The Morgan fingerprint density at radius 3 is 2.66 bits per heavy atom. The average Bonchev–Trinajstić information content (AvgIpc) is 3.17. The maximum atomic E-state index is 12.2. The second-order valence-electron chi connectivity index (χ2n) is 7.29. The number of thiocarbonyl (C=S) groups is 1. The first-order chi connectivity index (χ1) is 14.1. The lowest BCUT2D eigenvalue weighted by Crippen LogP contribution is -3.13. The van der Waals surface area contributed by atoms with E-state index >= 15 is 0 Å². The summed E-state index contributed by atoms with van der Waals surface area (Å²) in [6.45, 7) is 2.75. The van der Waals surface area contributed by atoms with E-state index in [4.69, 9.17) is 17.0 Å². The molecule has 5 nitrogen and oxygen atoms in total. The van der Waals surface area contributed by atoms with Gasteiger partial charge in [-0.2, -0.15) is 8.78 Å². The fraction of sp³-hybridized carbons (Fsp3) is 0.381. The van der Waals surface area contributed by atoms with Crippen molar-refractivity contribution < 1.29 is 23.2 Å². The highest BCUT2D eigenvalue weighted by molar-refractivity contribution is 7.80. The number of nitrogens with zero attached hydrogens (tertiary/aromatic N) is 1. The number of quaternary nitrogens is 1. The first-order valence-electron chi connectivity index (χ1n) is 9.76. The fourth-order valence-electron chi connectivity index (χ4n) is 3.76. The van der Waals surface area contributed by atoms with E-state index in [1.54, 1.807) is 12.1 Å². The number of anilines is 1. The molecule has 0 spiro atoms. The first kappa shape index (κ1) is 19.8. The minimum Gasteiger partial charge on any atom is -0.493 e. The molecule has 2 aromatic rings. The topological polar surface area (TPSA) is 38.2 Å². The zero-order chi connectivity index (χ0) is 20.2. The van der Waals surface area contributed by atoms with Gasteiger partial charge in [-0.1, -0.05) is 0 Å². The third-order valence-corrected chi connectivity index (χ3v) is 5.66. The number of nitrogens with one attached hydrogen (secondary N) is 2. The zero-order valence-electron chi connectivity index (χ0n) is 16.0. The van der Waals surface area contributed by atoms with Crippen molar-refractivity contribution in [3.63, 3.8) is 0 Å². The minimum absolute atomic E-state index is 0.131. The Balaban J connectivity index is 1.25. The van der Waals surface area contributed by atoms with Gasteiger partial charge in [-0.05, 0) is 60.2 Å². The molecule has 0 saturated carbocycles. The van der Waals surface area contributed by atoms with Crippen molar-refractivity contribution in [2.24, 2.45) is 0 Å². The molecular formula is C21H24F2N3O2S+. The van der Waals surface area contributed by atoms with Crippen LogP contribution >= 0.6 is 12.2 Å². The quantitative estimate of drug-likeness (QED) is 0.727. The van der Waals surface area contributed by atoms with Gasteiger partial charge in [0, 0.05) is 17.7 Å². The van der Waals surface area contributed by atoms with Gasteiger partial charge in [0.25, 0.3) is 0 Å². The normalized spacial score (nSPS) is 16.4. The molecule has 154 valence electrons. The summed E-state index contributed by atoms with van der Waals surface area (Å²) in [7, 11) is 0. The Morgan fingerprint density at radius 2 is 1.93 bits per heavy atom. The number of piperazine rings is 1. The van der Waals surface area contributed by atoms with E-state index in [2.05, 4.69) is 33.2 Å². The summed E-state index contributed by atoms with van der Waals surface area (Å²) in [5, 5.41) is 3.83. The Bertz CT molecular complexity index is 856. The zero-order valence-corrected chi connectivity index (χ0v) is 16.8. The van der Waals surface area contributed by atoms with Crippen LogP contribution in [0.2, 0.25) is 0 Å². The van der Waals surface area contributed by atoms with Gasteiger partial charge >= 0.3 is 6.61 Å². The summed E-state index contributed by atoms with van der Waals surface area (Å²) in [4.78, 5) is 3.69. The number of rotatable bonds is 5. The third kappa shape index (κ3) is 5.13. The van der Waals surface area contributed by atoms with E-state index in [-0.39, 0.29) is 5.75 Å². The molecule has 2 N–H and O–H groups in total. The molecule has 2 aromatic carbocycles.